The Morgan fingerprint density at radius 1 is 1.29 bits per heavy atom. The van der Waals surface area contributed by atoms with Crippen LogP contribution in [-0.4, -0.2) is 42.3 Å². The van der Waals surface area contributed by atoms with Crippen LogP contribution >= 0.6 is 0 Å². The fourth-order valence-electron chi connectivity index (χ4n) is 2.85. The molecule has 1 aromatic carbocycles. The van der Waals surface area contributed by atoms with Gasteiger partial charge in [-0.05, 0) is 57.5 Å². The number of ether oxygens (including phenoxy) is 1. The van der Waals surface area contributed by atoms with Crippen LogP contribution in [0, 0.1) is 0 Å². The smallest absolute Gasteiger partial charge is 0.161 e. The van der Waals surface area contributed by atoms with Crippen LogP contribution in [0.5, 0.6) is 11.5 Å². The Hall–Kier alpha value is -1.26. The highest BCUT2D eigenvalue weighted by Crippen LogP contribution is 2.26. The summed E-state index contributed by atoms with van der Waals surface area (Å²) in [4.78, 5) is 2.57. The van der Waals surface area contributed by atoms with Gasteiger partial charge in [-0.2, -0.15) is 0 Å². The molecule has 4 heteroatoms. The van der Waals surface area contributed by atoms with Crippen LogP contribution in [0.3, 0.4) is 0 Å². The number of likely N-dealkylation sites (tertiary alicyclic amines) is 1. The quantitative estimate of drug-likeness (QED) is 0.811. The minimum absolute atomic E-state index is 0.210. The number of phenolic OH excluding ortho intramolecular Hbond substituents is 1. The van der Waals surface area contributed by atoms with Crippen molar-refractivity contribution >= 4 is 0 Å². The van der Waals surface area contributed by atoms with Gasteiger partial charge in [0.25, 0.3) is 0 Å². The first kappa shape index (κ1) is 16.1. The average Bonchev–Trinajstić information content (AvgIpc) is 2.51. The molecular formula is C17H28N2O2. The molecule has 1 aliphatic heterocycles. The number of hydrogen-bond donors (Lipinski definition) is 2. The highest BCUT2D eigenvalue weighted by molar-refractivity contribution is 5.41. The van der Waals surface area contributed by atoms with E-state index in [9.17, 15) is 5.11 Å². The summed E-state index contributed by atoms with van der Waals surface area (Å²) in [5.74, 6) is 0.781. The molecular weight excluding hydrogens is 264 g/mol. The van der Waals surface area contributed by atoms with Crippen molar-refractivity contribution in [2.45, 2.75) is 45.7 Å². The summed E-state index contributed by atoms with van der Waals surface area (Å²) in [6, 6.07) is 6.14. The van der Waals surface area contributed by atoms with E-state index in [0.717, 1.165) is 18.7 Å². The van der Waals surface area contributed by atoms with E-state index in [2.05, 4.69) is 17.1 Å². The number of hydrogen-bond acceptors (Lipinski definition) is 4. The largest absolute Gasteiger partial charge is 0.504 e. The van der Waals surface area contributed by atoms with Crippen molar-refractivity contribution in [3.63, 3.8) is 0 Å². The molecule has 0 aliphatic carbocycles. The third kappa shape index (κ3) is 4.90. The van der Waals surface area contributed by atoms with Gasteiger partial charge in [0.05, 0.1) is 6.61 Å². The molecule has 0 radical (unpaired) electrons. The number of nitrogens with one attached hydrogen (secondary N) is 1. The van der Waals surface area contributed by atoms with Gasteiger partial charge >= 0.3 is 0 Å². The highest BCUT2D eigenvalue weighted by Gasteiger charge is 2.16. The van der Waals surface area contributed by atoms with Crippen molar-refractivity contribution in [1.29, 1.82) is 0 Å². The fourth-order valence-corrected chi connectivity index (χ4v) is 2.85. The van der Waals surface area contributed by atoms with Gasteiger partial charge in [0.15, 0.2) is 11.5 Å². The van der Waals surface area contributed by atoms with Gasteiger partial charge < -0.3 is 15.2 Å². The number of rotatable bonds is 7. The van der Waals surface area contributed by atoms with E-state index >= 15 is 0 Å². The molecule has 1 aromatic rings. The number of nitrogens with zero attached hydrogens (tertiary/aromatic N) is 1. The van der Waals surface area contributed by atoms with Crippen molar-refractivity contribution < 1.29 is 9.84 Å². The van der Waals surface area contributed by atoms with Gasteiger partial charge in [-0.1, -0.05) is 12.5 Å². The van der Waals surface area contributed by atoms with Crippen LogP contribution < -0.4 is 10.1 Å². The van der Waals surface area contributed by atoms with E-state index in [4.69, 9.17) is 4.74 Å². The fraction of sp³-hybridized carbons (Fsp3) is 0.647. The van der Waals surface area contributed by atoms with Gasteiger partial charge in [0, 0.05) is 19.1 Å². The molecule has 2 rings (SSSR count). The lowest BCUT2D eigenvalue weighted by molar-refractivity contribution is 0.170. The standard InChI is InChI=1S/C17H28N2O2/c1-3-21-17-11-15(7-8-16(17)20)13-18-12-14(2)19-9-5-4-6-10-19/h7-8,11,14,18,20H,3-6,9-10,12-13H2,1-2H3. The first-order chi connectivity index (χ1) is 10.2. The lowest BCUT2D eigenvalue weighted by Gasteiger charge is -2.32. The molecule has 1 saturated heterocycles. The number of benzene rings is 1. The summed E-state index contributed by atoms with van der Waals surface area (Å²) in [6.07, 6.45) is 4.05. The molecule has 21 heavy (non-hydrogen) atoms. The second-order valence-corrected chi connectivity index (χ2v) is 5.81. The zero-order valence-electron chi connectivity index (χ0n) is 13.3. The highest BCUT2D eigenvalue weighted by atomic mass is 16.5. The molecule has 0 bridgehead atoms. The van der Waals surface area contributed by atoms with E-state index in [0.29, 0.717) is 18.4 Å². The maximum atomic E-state index is 9.70. The maximum absolute atomic E-state index is 9.70. The molecule has 4 nitrogen and oxygen atoms in total. The van der Waals surface area contributed by atoms with Crippen LogP contribution in [0.15, 0.2) is 18.2 Å². The average molecular weight is 292 g/mol. The van der Waals surface area contributed by atoms with E-state index < -0.39 is 0 Å². The maximum Gasteiger partial charge on any atom is 0.161 e. The molecule has 0 saturated carbocycles. The van der Waals surface area contributed by atoms with E-state index in [-0.39, 0.29) is 5.75 Å². The molecule has 2 N–H and O–H groups in total. The van der Waals surface area contributed by atoms with E-state index in [1.807, 2.05) is 19.1 Å². The zero-order valence-corrected chi connectivity index (χ0v) is 13.3. The van der Waals surface area contributed by atoms with E-state index in [1.54, 1.807) is 6.07 Å². The molecule has 0 spiro atoms. The van der Waals surface area contributed by atoms with Gasteiger partial charge in [-0.25, -0.2) is 0 Å². The van der Waals surface area contributed by atoms with Crippen LogP contribution in [0.25, 0.3) is 0 Å². The molecule has 0 aromatic heterocycles. The molecule has 1 unspecified atom stereocenters. The summed E-state index contributed by atoms with van der Waals surface area (Å²) >= 11 is 0. The minimum atomic E-state index is 0.210. The first-order valence-corrected chi connectivity index (χ1v) is 8.10. The second-order valence-electron chi connectivity index (χ2n) is 5.81. The lowest BCUT2D eigenvalue weighted by Crippen LogP contribution is -2.42. The Labute approximate surface area is 128 Å². The minimum Gasteiger partial charge on any atom is -0.504 e. The predicted molar refractivity (Wildman–Crippen MR) is 85.9 cm³/mol. The Bertz CT molecular complexity index is 431. The van der Waals surface area contributed by atoms with Gasteiger partial charge in [-0.15, -0.1) is 0 Å². The van der Waals surface area contributed by atoms with Crippen LogP contribution in [0.2, 0.25) is 0 Å². The molecule has 1 aliphatic rings. The molecule has 1 fully saturated rings. The SMILES string of the molecule is CCOc1cc(CNCC(C)N2CCCCC2)ccc1O. The Morgan fingerprint density at radius 3 is 2.76 bits per heavy atom. The zero-order chi connectivity index (χ0) is 15.1. The van der Waals surface area contributed by atoms with Crippen LogP contribution in [-0.2, 0) is 6.54 Å². The lowest BCUT2D eigenvalue weighted by atomic mass is 10.1. The normalized spacial score (nSPS) is 17.6. The number of aromatic hydroxyl groups is 1. The Kier molecular flexibility index (Phi) is 6.33. The summed E-state index contributed by atoms with van der Waals surface area (Å²) in [5, 5.41) is 13.2. The molecule has 118 valence electrons. The van der Waals surface area contributed by atoms with Crippen molar-refractivity contribution in [2.24, 2.45) is 0 Å². The second kappa shape index (κ2) is 8.25. The Balaban J connectivity index is 1.78. The summed E-state index contributed by atoms with van der Waals surface area (Å²) in [6.45, 7) is 9.04. The predicted octanol–water partition coefficient (Wildman–Crippen LogP) is 2.75. The first-order valence-electron chi connectivity index (χ1n) is 8.10. The topological polar surface area (TPSA) is 44.7 Å². The Morgan fingerprint density at radius 2 is 2.05 bits per heavy atom. The van der Waals surface area contributed by atoms with E-state index in [1.165, 1.54) is 32.4 Å². The summed E-state index contributed by atoms with van der Waals surface area (Å²) in [7, 11) is 0. The van der Waals surface area contributed by atoms with Crippen molar-refractivity contribution in [3.05, 3.63) is 23.8 Å². The van der Waals surface area contributed by atoms with Crippen LogP contribution in [0.4, 0.5) is 0 Å². The van der Waals surface area contributed by atoms with Gasteiger partial charge in [-0.3, -0.25) is 4.90 Å². The van der Waals surface area contributed by atoms with Crippen molar-refractivity contribution in [1.82, 2.24) is 10.2 Å². The van der Waals surface area contributed by atoms with Gasteiger partial charge in [0.1, 0.15) is 0 Å². The number of piperidine rings is 1. The third-order valence-corrected chi connectivity index (χ3v) is 4.11. The third-order valence-electron chi connectivity index (χ3n) is 4.11. The van der Waals surface area contributed by atoms with Gasteiger partial charge in [0.2, 0.25) is 0 Å². The monoisotopic (exact) mass is 292 g/mol. The summed E-state index contributed by atoms with van der Waals surface area (Å²) in [5.41, 5.74) is 1.14. The molecule has 1 atom stereocenters. The molecule has 1 heterocycles. The van der Waals surface area contributed by atoms with Crippen molar-refractivity contribution in [2.75, 3.05) is 26.2 Å². The number of phenols is 1. The van der Waals surface area contributed by atoms with Crippen molar-refractivity contribution in [3.8, 4) is 11.5 Å². The summed E-state index contributed by atoms with van der Waals surface area (Å²) < 4.78 is 5.41. The molecule has 0 amide bonds. The van der Waals surface area contributed by atoms with Crippen LogP contribution in [0.1, 0.15) is 38.7 Å².